The highest BCUT2D eigenvalue weighted by molar-refractivity contribution is 5.94. The molecular formula is C23H26N4O. The Morgan fingerprint density at radius 3 is 2.29 bits per heavy atom. The molecule has 0 aliphatic rings. The molecule has 0 spiro atoms. The fourth-order valence-corrected chi connectivity index (χ4v) is 3.04. The molecule has 0 fully saturated rings. The average molecular weight is 374 g/mol. The Kier molecular flexibility index (Phi) is 6.16. The molecule has 28 heavy (non-hydrogen) atoms. The van der Waals surface area contributed by atoms with Gasteiger partial charge in [-0.2, -0.15) is 0 Å². The van der Waals surface area contributed by atoms with Crippen molar-refractivity contribution in [1.29, 1.82) is 0 Å². The fraction of sp³-hybridized carbons (Fsp3) is 0.261. The molecule has 0 saturated carbocycles. The number of aromatic nitrogens is 2. The molecule has 2 aromatic heterocycles. The van der Waals surface area contributed by atoms with Crippen molar-refractivity contribution in [3.05, 3.63) is 83.8 Å². The normalized spacial score (nSPS) is 12.0. The van der Waals surface area contributed by atoms with Gasteiger partial charge in [-0.15, -0.1) is 0 Å². The van der Waals surface area contributed by atoms with Crippen LogP contribution in [0.25, 0.3) is 11.3 Å². The third-order valence-corrected chi connectivity index (χ3v) is 4.77. The molecule has 0 saturated heterocycles. The van der Waals surface area contributed by atoms with Crippen LogP contribution in [-0.2, 0) is 6.54 Å². The van der Waals surface area contributed by atoms with Crippen molar-refractivity contribution in [1.82, 2.24) is 19.8 Å². The van der Waals surface area contributed by atoms with Gasteiger partial charge in [-0.3, -0.25) is 14.8 Å². The highest BCUT2D eigenvalue weighted by Gasteiger charge is 2.19. The number of rotatable bonds is 6. The number of carbonyl (C=O) groups excluding carboxylic acids is 1. The Labute approximate surface area is 166 Å². The summed E-state index contributed by atoms with van der Waals surface area (Å²) in [6.45, 7) is 2.84. The van der Waals surface area contributed by atoms with E-state index in [0.717, 1.165) is 23.5 Å². The monoisotopic (exact) mass is 374 g/mol. The zero-order valence-electron chi connectivity index (χ0n) is 16.8. The molecular weight excluding hydrogens is 348 g/mol. The molecule has 0 aliphatic heterocycles. The predicted octanol–water partition coefficient (Wildman–Crippen LogP) is 4.04. The van der Waals surface area contributed by atoms with Crippen molar-refractivity contribution < 1.29 is 4.79 Å². The first kappa shape index (κ1) is 19.7. The van der Waals surface area contributed by atoms with Crippen LogP contribution in [-0.4, -0.2) is 46.8 Å². The smallest absolute Gasteiger partial charge is 0.254 e. The number of pyridine rings is 2. The summed E-state index contributed by atoms with van der Waals surface area (Å²) in [4.78, 5) is 25.6. The summed E-state index contributed by atoms with van der Waals surface area (Å²) < 4.78 is 0. The summed E-state index contributed by atoms with van der Waals surface area (Å²) in [5.74, 6) is -0.0287. The maximum atomic E-state index is 12.8. The molecule has 5 nitrogen and oxygen atoms in total. The first-order chi connectivity index (χ1) is 13.5. The summed E-state index contributed by atoms with van der Waals surface area (Å²) in [6.07, 6.45) is 3.65. The minimum atomic E-state index is -0.0979. The largest absolute Gasteiger partial charge is 0.333 e. The van der Waals surface area contributed by atoms with Crippen LogP contribution in [0, 0.1) is 0 Å². The Morgan fingerprint density at radius 1 is 0.964 bits per heavy atom. The van der Waals surface area contributed by atoms with Gasteiger partial charge in [-0.25, -0.2) is 0 Å². The lowest BCUT2D eigenvalue weighted by Crippen LogP contribution is -2.30. The van der Waals surface area contributed by atoms with Crippen LogP contribution in [0.3, 0.4) is 0 Å². The van der Waals surface area contributed by atoms with E-state index in [4.69, 9.17) is 0 Å². The number of hydrogen-bond donors (Lipinski definition) is 0. The SMILES string of the molecule is C[C@H](c1ccccn1)N(C)C(=O)c1ccc(-c2ccc(CN(C)C)cn2)cc1. The van der Waals surface area contributed by atoms with Gasteiger partial charge in [-0.05, 0) is 56.9 Å². The standard InChI is InChI=1S/C23H26N4O/c1-17(21-7-5-6-14-24-21)27(4)23(28)20-11-9-19(10-12-20)22-13-8-18(15-25-22)16-26(2)3/h5-15,17H,16H2,1-4H3/t17-/m1/s1. The zero-order valence-corrected chi connectivity index (χ0v) is 16.8. The second-order valence-corrected chi connectivity index (χ2v) is 7.21. The Bertz CT molecular complexity index is 906. The van der Waals surface area contributed by atoms with E-state index in [0.29, 0.717) is 5.56 Å². The summed E-state index contributed by atoms with van der Waals surface area (Å²) in [7, 11) is 5.88. The zero-order chi connectivity index (χ0) is 20.1. The lowest BCUT2D eigenvalue weighted by Gasteiger charge is -2.24. The van der Waals surface area contributed by atoms with E-state index in [1.165, 1.54) is 5.56 Å². The van der Waals surface area contributed by atoms with Crippen LogP contribution >= 0.6 is 0 Å². The van der Waals surface area contributed by atoms with Gasteiger partial charge in [0.25, 0.3) is 5.91 Å². The van der Waals surface area contributed by atoms with Gasteiger partial charge in [0, 0.05) is 37.1 Å². The second kappa shape index (κ2) is 8.76. The fourth-order valence-electron chi connectivity index (χ4n) is 3.04. The van der Waals surface area contributed by atoms with Gasteiger partial charge in [0.05, 0.1) is 17.4 Å². The van der Waals surface area contributed by atoms with Gasteiger partial charge in [0.2, 0.25) is 0 Å². The van der Waals surface area contributed by atoms with Crippen LogP contribution in [0.5, 0.6) is 0 Å². The molecule has 0 bridgehead atoms. The molecule has 3 rings (SSSR count). The summed E-state index contributed by atoms with van der Waals surface area (Å²) in [6, 6.07) is 17.3. The maximum absolute atomic E-state index is 12.8. The topological polar surface area (TPSA) is 49.3 Å². The number of benzene rings is 1. The molecule has 1 aromatic carbocycles. The molecule has 0 unspecified atom stereocenters. The molecule has 0 radical (unpaired) electrons. The van der Waals surface area contributed by atoms with Gasteiger partial charge < -0.3 is 9.80 Å². The molecule has 1 atom stereocenters. The molecule has 1 amide bonds. The van der Waals surface area contributed by atoms with Gasteiger partial charge in [0.1, 0.15) is 0 Å². The quantitative estimate of drug-likeness (QED) is 0.653. The summed E-state index contributed by atoms with van der Waals surface area (Å²) in [5.41, 5.74) is 4.59. The predicted molar refractivity (Wildman–Crippen MR) is 112 cm³/mol. The van der Waals surface area contributed by atoms with E-state index in [9.17, 15) is 4.79 Å². The van der Waals surface area contributed by atoms with Gasteiger partial charge in [-0.1, -0.05) is 24.3 Å². The maximum Gasteiger partial charge on any atom is 0.254 e. The number of hydrogen-bond acceptors (Lipinski definition) is 4. The Hall–Kier alpha value is -3.05. The molecule has 0 N–H and O–H groups in total. The van der Waals surface area contributed by atoms with E-state index in [1.54, 1.807) is 18.1 Å². The van der Waals surface area contributed by atoms with Crippen molar-refractivity contribution in [2.45, 2.75) is 19.5 Å². The summed E-state index contributed by atoms with van der Waals surface area (Å²) in [5, 5.41) is 0. The molecule has 2 heterocycles. The van der Waals surface area contributed by atoms with Crippen molar-refractivity contribution in [2.75, 3.05) is 21.1 Å². The van der Waals surface area contributed by atoms with Crippen molar-refractivity contribution in [3.8, 4) is 11.3 Å². The summed E-state index contributed by atoms with van der Waals surface area (Å²) >= 11 is 0. The second-order valence-electron chi connectivity index (χ2n) is 7.21. The third kappa shape index (κ3) is 4.61. The Morgan fingerprint density at radius 2 is 1.71 bits per heavy atom. The van der Waals surface area contributed by atoms with E-state index >= 15 is 0 Å². The number of carbonyl (C=O) groups is 1. The van der Waals surface area contributed by atoms with Gasteiger partial charge in [0.15, 0.2) is 0 Å². The number of nitrogens with zero attached hydrogens (tertiary/aromatic N) is 4. The molecule has 3 aromatic rings. The highest BCUT2D eigenvalue weighted by atomic mass is 16.2. The number of amides is 1. The minimum absolute atomic E-state index is 0.0287. The van der Waals surface area contributed by atoms with Crippen LogP contribution < -0.4 is 0 Å². The van der Waals surface area contributed by atoms with Crippen LogP contribution in [0.2, 0.25) is 0 Å². The highest BCUT2D eigenvalue weighted by Crippen LogP contribution is 2.21. The van der Waals surface area contributed by atoms with Crippen LogP contribution in [0.4, 0.5) is 0 Å². The van der Waals surface area contributed by atoms with Crippen molar-refractivity contribution in [3.63, 3.8) is 0 Å². The van der Waals surface area contributed by atoms with Gasteiger partial charge >= 0.3 is 0 Å². The molecule has 0 aliphatic carbocycles. The van der Waals surface area contributed by atoms with E-state index in [-0.39, 0.29) is 11.9 Å². The molecule has 144 valence electrons. The van der Waals surface area contributed by atoms with E-state index in [2.05, 4.69) is 20.9 Å². The average Bonchev–Trinajstić information content (AvgIpc) is 2.73. The lowest BCUT2D eigenvalue weighted by molar-refractivity contribution is 0.0740. The van der Waals surface area contributed by atoms with E-state index < -0.39 is 0 Å². The lowest BCUT2D eigenvalue weighted by atomic mass is 10.1. The molecule has 5 heteroatoms. The van der Waals surface area contributed by atoms with Crippen LogP contribution in [0.1, 0.15) is 34.6 Å². The van der Waals surface area contributed by atoms with E-state index in [1.807, 2.05) is 75.7 Å². The van der Waals surface area contributed by atoms with Crippen molar-refractivity contribution in [2.24, 2.45) is 0 Å². The first-order valence-electron chi connectivity index (χ1n) is 9.34. The third-order valence-electron chi connectivity index (χ3n) is 4.77. The Balaban J connectivity index is 1.72. The van der Waals surface area contributed by atoms with Crippen LogP contribution in [0.15, 0.2) is 67.0 Å². The first-order valence-corrected chi connectivity index (χ1v) is 9.34. The minimum Gasteiger partial charge on any atom is -0.333 e. The van der Waals surface area contributed by atoms with Crippen molar-refractivity contribution >= 4 is 5.91 Å².